The molecule has 2 aromatic rings. The predicted octanol–water partition coefficient (Wildman–Crippen LogP) is 2.17. The Hall–Kier alpha value is -2.12. The predicted molar refractivity (Wildman–Crippen MR) is 74.5 cm³/mol. The molecule has 1 N–H and O–H groups in total. The van der Waals surface area contributed by atoms with Crippen LogP contribution in [0, 0.1) is 11.3 Å². The van der Waals surface area contributed by atoms with Crippen molar-refractivity contribution in [2.75, 3.05) is 6.54 Å². The van der Waals surface area contributed by atoms with Gasteiger partial charge < -0.3 is 5.32 Å². The zero-order chi connectivity index (χ0) is 13.5. The Kier molecular flexibility index (Phi) is 4.71. The van der Waals surface area contributed by atoms with Crippen molar-refractivity contribution < 1.29 is 0 Å². The van der Waals surface area contributed by atoms with E-state index in [-0.39, 0.29) is 12.0 Å². The topological polar surface area (TPSA) is 53.6 Å². The lowest BCUT2D eigenvalue weighted by atomic mass is 10.0. The second-order valence-electron chi connectivity index (χ2n) is 4.63. The summed E-state index contributed by atoms with van der Waals surface area (Å²) in [6.07, 6.45) is 3.71. The summed E-state index contributed by atoms with van der Waals surface area (Å²) >= 11 is 0. The van der Waals surface area contributed by atoms with E-state index in [9.17, 15) is 5.26 Å². The van der Waals surface area contributed by atoms with Crippen LogP contribution in [0.4, 0.5) is 0 Å². The largest absolute Gasteiger partial charge is 0.311 e. The first kappa shape index (κ1) is 13.3. The van der Waals surface area contributed by atoms with Crippen LogP contribution in [0.25, 0.3) is 0 Å². The van der Waals surface area contributed by atoms with Crippen LogP contribution >= 0.6 is 0 Å². The van der Waals surface area contributed by atoms with Crippen molar-refractivity contribution in [3.05, 3.63) is 54.4 Å². The number of aromatic nitrogens is 2. The lowest BCUT2D eigenvalue weighted by Crippen LogP contribution is -2.33. The summed E-state index contributed by atoms with van der Waals surface area (Å²) in [5.74, 6) is -0.110. The van der Waals surface area contributed by atoms with Crippen molar-refractivity contribution in [3.63, 3.8) is 0 Å². The first-order valence-electron chi connectivity index (χ1n) is 6.45. The highest BCUT2D eigenvalue weighted by atomic mass is 15.3. The van der Waals surface area contributed by atoms with Gasteiger partial charge in [0.1, 0.15) is 0 Å². The Morgan fingerprint density at radius 1 is 1.32 bits per heavy atom. The van der Waals surface area contributed by atoms with Gasteiger partial charge in [-0.05, 0) is 18.6 Å². The lowest BCUT2D eigenvalue weighted by Gasteiger charge is -2.16. The van der Waals surface area contributed by atoms with Crippen LogP contribution in [0.2, 0.25) is 0 Å². The molecule has 0 amide bonds. The van der Waals surface area contributed by atoms with Crippen LogP contribution in [-0.2, 0) is 6.54 Å². The van der Waals surface area contributed by atoms with E-state index >= 15 is 0 Å². The second kappa shape index (κ2) is 6.72. The van der Waals surface area contributed by atoms with Gasteiger partial charge in [-0.3, -0.25) is 4.68 Å². The molecule has 0 spiro atoms. The van der Waals surface area contributed by atoms with E-state index in [1.54, 1.807) is 6.20 Å². The molecule has 19 heavy (non-hydrogen) atoms. The first-order chi connectivity index (χ1) is 9.29. The summed E-state index contributed by atoms with van der Waals surface area (Å²) in [5, 5.41) is 16.8. The Labute approximate surface area is 113 Å². The highest BCUT2D eigenvalue weighted by molar-refractivity contribution is 5.25. The van der Waals surface area contributed by atoms with Gasteiger partial charge in [0.25, 0.3) is 0 Å². The molecule has 1 aromatic carbocycles. The fourth-order valence-corrected chi connectivity index (χ4v) is 2.00. The molecule has 2 atom stereocenters. The molecule has 2 unspecified atom stereocenters. The molecule has 98 valence electrons. The maximum Gasteiger partial charge on any atom is 0.0837 e. The van der Waals surface area contributed by atoms with E-state index in [2.05, 4.69) is 23.4 Å². The molecule has 4 nitrogen and oxygen atoms in total. The zero-order valence-corrected chi connectivity index (χ0v) is 11.0. The normalized spacial score (nSPS) is 13.7. The molecule has 0 aliphatic carbocycles. The van der Waals surface area contributed by atoms with Gasteiger partial charge in [-0.1, -0.05) is 30.3 Å². The van der Waals surface area contributed by atoms with Crippen molar-refractivity contribution in [3.8, 4) is 6.07 Å². The molecule has 0 saturated heterocycles. The van der Waals surface area contributed by atoms with Crippen molar-refractivity contribution in [1.29, 1.82) is 5.26 Å². The maximum absolute atomic E-state index is 9.24. The third-order valence-electron chi connectivity index (χ3n) is 3.05. The summed E-state index contributed by atoms with van der Waals surface area (Å²) in [7, 11) is 0. The average Bonchev–Trinajstić information content (AvgIpc) is 2.93. The molecule has 0 aliphatic rings. The molecule has 4 heteroatoms. The third kappa shape index (κ3) is 3.94. The molecule has 1 heterocycles. The molecule has 0 bridgehead atoms. The van der Waals surface area contributed by atoms with E-state index in [0.717, 1.165) is 12.1 Å². The molecule has 0 aliphatic heterocycles. The summed E-state index contributed by atoms with van der Waals surface area (Å²) in [5.41, 5.74) is 1.06. The van der Waals surface area contributed by atoms with Gasteiger partial charge in [0.2, 0.25) is 0 Å². The quantitative estimate of drug-likeness (QED) is 0.859. The fraction of sp³-hybridized carbons (Fsp3) is 0.333. The molecular weight excluding hydrogens is 236 g/mol. The third-order valence-corrected chi connectivity index (χ3v) is 3.05. The Morgan fingerprint density at radius 3 is 2.74 bits per heavy atom. The Bertz CT molecular complexity index is 513. The van der Waals surface area contributed by atoms with E-state index < -0.39 is 0 Å². The lowest BCUT2D eigenvalue weighted by molar-refractivity contribution is 0.447. The number of nitrogens with one attached hydrogen (secondary N) is 1. The number of nitrogens with zero attached hydrogens (tertiary/aromatic N) is 3. The Balaban J connectivity index is 1.85. The number of hydrogen-bond acceptors (Lipinski definition) is 3. The van der Waals surface area contributed by atoms with Crippen LogP contribution < -0.4 is 5.32 Å². The minimum atomic E-state index is -0.110. The number of nitriles is 1. The first-order valence-corrected chi connectivity index (χ1v) is 6.45. The number of benzene rings is 1. The molecule has 1 aromatic heterocycles. The molecular formula is C15H18N4. The summed E-state index contributed by atoms with van der Waals surface area (Å²) in [6, 6.07) is 14.4. The minimum Gasteiger partial charge on any atom is -0.311 e. The highest BCUT2D eigenvalue weighted by Gasteiger charge is 2.11. The van der Waals surface area contributed by atoms with E-state index in [1.807, 2.05) is 47.3 Å². The van der Waals surface area contributed by atoms with Gasteiger partial charge in [0.05, 0.1) is 18.5 Å². The van der Waals surface area contributed by atoms with E-state index in [1.165, 1.54) is 0 Å². The minimum absolute atomic E-state index is 0.110. The SMILES string of the molecule is CC(Cn1cccn1)NCC(C#N)c1ccccc1. The van der Waals surface area contributed by atoms with Gasteiger partial charge in [-0.25, -0.2) is 0 Å². The van der Waals surface area contributed by atoms with Crippen molar-refractivity contribution in [1.82, 2.24) is 15.1 Å². The van der Waals surface area contributed by atoms with Gasteiger partial charge >= 0.3 is 0 Å². The zero-order valence-electron chi connectivity index (χ0n) is 11.0. The monoisotopic (exact) mass is 254 g/mol. The average molecular weight is 254 g/mol. The van der Waals surface area contributed by atoms with Gasteiger partial charge in [-0.15, -0.1) is 0 Å². The van der Waals surface area contributed by atoms with Gasteiger partial charge in [0, 0.05) is 25.0 Å². The molecule has 0 fully saturated rings. The molecule has 0 saturated carbocycles. The van der Waals surface area contributed by atoms with Crippen LogP contribution in [0.1, 0.15) is 18.4 Å². The van der Waals surface area contributed by atoms with E-state index in [4.69, 9.17) is 0 Å². The van der Waals surface area contributed by atoms with Crippen LogP contribution in [0.15, 0.2) is 48.8 Å². The van der Waals surface area contributed by atoms with Gasteiger partial charge in [0.15, 0.2) is 0 Å². The fourth-order valence-electron chi connectivity index (χ4n) is 2.00. The second-order valence-corrected chi connectivity index (χ2v) is 4.63. The van der Waals surface area contributed by atoms with Crippen molar-refractivity contribution >= 4 is 0 Å². The standard InChI is InChI=1S/C15H18N4/c1-13(12-19-9-5-8-18-19)17-11-15(10-16)14-6-3-2-4-7-14/h2-9,13,15,17H,11-12H2,1H3. The van der Waals surface area contributed by atoms with Gasteiger partial charge in [-0.2, -0.15) is 10.4 Å². The summed E-state index contributed by atoms with van der Waals surface area (Å²) < 4.78 is 1.89. The number of rotatable bonds is 6. The van der Waals surface area contributed by atoms with Crippen LogP contribution in [-0.4, -0.2) is 22.4 Å². The highest BCUT2D eigenvalue weighted by Crippen LogP contribution is 2.13. The molecule has 2 rings (SSSR count). The van der Waals surface area contributed by atoms with Crippen molar-refractivity contribution in [2.24, 2.45) is 0 Å². The Morgan fingerprint density at radius 2 is 2.11 bits per heavy atom. The summed E-state index contributed by atoms with van der Waals surface area (Å²) in [4.78, 5) is 0. The smallest absolute Gasteiger partial charge is 0.0837 e. The van der Waals surface area contributed by atoms with E-state index in [0.29, 0.717) is 6.54 Å². The van der Waals surface area contributed by atoms with Crippen LogP contribution in [0.3, 0.4) is 0 Å². The van der Waals surface area contributed by atoms with Crippen molar-refractivity contribution in [2.45, 2.75) is 25.4 Å². The maximum atomic E-state index is 9.24. The van der Waals surface area contributed by atoms with Crippen LogP contribution in [0.5, 0.6) is 0 Å². The molecule has 0 radical (unpaired) electrons. The number of hydrogen-bond donors (Lipinski definition) is 1. The summed E-state index contributed by atoms with van der Waals surface area (Å²) in [6.45, 7) is 3.56.